The van der Waals surface area contributed by atoms with E-state index in [1.807, 2.05) is 19.9 Å². The summed E-state index contributed by atoms with van der Waals surface area (Å²) in [7, 11) is 2.63. The van der Waals surface area contributed by atoms with Crippen molar-refractivity contribution in [3.63, 3.8) is 0 Å². The number of pyridine rings is 1. The Bertz CT molecular complexity index is 1580. The van der Waals surface area contributed by atoms with Crippen LogP contribution in [0.3, 0.4) is 0 Å². The van der Waals surface area contributed by atoms with Gasteiger partial charge < -0.3 is 34.9 Å². The molecule has 47 heavy (non-hydrogen) atoms. The summed E-state index contributed by atoms with van der Waals surface area (Å²) in [6.07, 6.45) is 3.39. The number of carbonyl (C=O) groups is 5. The molecule has 3 atom stereocenters. The molecule has 1 aliphatic rings. The minimum Gasteiger partial charge on any atom is -0.493 e. The molecule has 2 aromatic heterocycles. The molecule has 3 amide bonds. The maximum Gasteiger partial charge on any atom is 0.349 e. The van der Waals surface area contributed by atoms with Crippen LogP contribution in [0, 0.1) is 12.8 Å². The minimum atomic E-state index is -1.29. The third-order valence-corrected chi connectivity index (χ3v) is 7.25. The maximum atomic E-state index is 13.9. The van der Waals surface area contributed by atoms with E-state index in [0.717, 1.165) is 0 Å². The Labute approximate surface area is 271 Å². The van der Waals surface area contributed by atoms with Crippen molar-refractivity contribution in [2.75, 3.05) is 27.3 Å². The SMILES string of the molecule is COC(=O)[C@@H]1Oc2cc(ccc2OC)C(=O)N[C@@H](C(C)C)CN(C(=O)c2cnc(-c3cccnc3)nc2C)CC(=O)N[C@H]1C.O=CO. The minimum absolute atomic E-state index is 0.00772. The molecule has 0 spiro atoms. The van der Waals surface area contributed by atoms with Crippen molar-refractivity contribution >= 4 is 30.2 Å². The quantitative estimate of drug-likeness (QED) is 0.268. The van der Waals surface area contributed by atoms with Gasteiger partial charge in [-0.3, -0.25) is 24.2 Å². The fourth-order valence-corrected chi connectivity index (χ4v) is 4.68. The zero-order valence-corrected chi connectivity index (χ0v) is 26.9. The molecule has 250 valence electrons. The number of amides is 3. The Hall–Kier alpha value is -5.60. The maximum absolute atomic E-state index is 13.9. The lowest BCUT2D eigenvalue weighted by molar-refractivity contribution is -0.150. The number of hydrogen-bond acceptors (Lipinski definition) is 11. The Morgan fingerprint density at radius 3 is 2.45 bits per heavy atom. The van der Waals surface area contributed by atoms with Crippen LogP contribution in [0.1, 0.15) is 47.2 Å². The number of ether oxygens (including phenoxy) is 3. The van der Waals surface area contributed by atoms with Crippen LogP contribution in [0.4, 0.5) is 0 Å². The molecule has 3 N–H and O–H groups in total. The molecule has 15 nitrogen and oxygen atoms in total. The average Bonchev–Trinajstić information content (AvgIpc) is 3.05. The summed E-state index contributed by atoms with van der Waals surface area (Å²) in [6, 6.07) is 6.71. The lowest BCUT2D eigenvalue weighted by Crippen LogP contribution is -2.54. The number of aromatic nitrogens is 3. The summed E-state index contributed by atoms with van der Waals surface area (Å²) >= 11 is 0. The van der Waals surface area contributed by atoms with Gasteiger partial charge in [0, 0.05) is 42.3 Å². The van der Waals surface area contributed by atoms with Crippen LogP contribution in [-0.4, -0.2) is 101 Å². The van der Waals surface area contributed by atoms with Crippen molar-refractivity contribution in [3.05, 3.63) is 65.7 Å². The number of carbonyl (C=O) groups excluding carboxylic acids is 4. The van der Waals surface area contributed by atoms with Gasteiger partial charge in [0.15, 0.2) is 17.3 Å². The van der Waals surface area contributed by atoms with Crippen molar-refractivity contribution in [1.29, 1.82) is 0 Å². The smallest absolute Gasteiger partial charge is 0.349 e. The summed E-state index contributed by atoms with van der Waals surface area (Å²) in [6.45, 7) is 6.44. The molecule has 0 radical (unpaired) electrons. The first kappa shape index (κ1) is 35.9. The normalized spacial score (nSPS) is 18.3. The van der Waals surface area contributed by atoms with Crippen LogP contribution >= 0.6 is 0 Å². The first-order chi connectivity index (χ1) is 22.4. The third-order valence-electron chi connectivity index (χ3n) is 7.25. The second-order valence-electron chi connectivity index (χ2n) is 10.8. The number of hydrogen-bond donors (Lipinski definition) is 3. The predicted octanol–water partition coefficient (Wildman–Crippen LogP) is 1.89. The number of aryl methyl sites for hydroxylation is 1. The predicted molar refractivity (Wildman–Crippen MR) is 168 cm³/mol. The van der Waals surface area contributed by atoms with Gasteiger partial charge in [-0.25, -0.2) is 14.8 Å². The summed E-state index contributed by atoms with van der Waals surface area (Å²) in [5.41, 5.74) is 1.54. The van der Waals surface area contributed by atoms with E-state index < -0.39 is 41.9 Å². The average molecular weight is 651 g/mol. The molecule has 0 saturated carbocycles. The second-order valence-corrected chi connectivity index (χ2v) is 10.8. The van der Waals surface area contributed by atoms with E-state index >= 15 is 0 Å². The number of nitrogens with zero attached hydrogens (tertiary/aromatic N) is 4. The standard InChI is InChI=1S/C31H36N6O7.CH2O2/c1-17(2)23-15-37(30(40)22-14-33-28(35-18(22)3)21-8-7-11-32-13-21)16-26(38)34-19(4)27(31(41)43-6)44-25-12-20(29(39)36-23)9-10-24(25)42-5;2-1-3/h7-14,17,19,23,27H,15-16H2,1-6H3,(H,34,38)(H,36,39);1H,(H,2,3)/t19-,23+,27+;/m0./s1. The monoisotopic (exact) mass is 650 g/mol. The Kier molecular flexibility index (Phi) is 12.7. The van der Waals surface area contributed by atoms with Gasteiger partial charge >= 0.3 is 5.97 Å². The zero-order chi connectivity index (χ0) is 34.7. The van der Waals surface area contributed by atoms with E-state index in [2.05, 4.69) is 25.6 Å². The lowest BCUT2D eigenvalue weighted by atomic mass is 10.0. The molecule has 3 heterocycles. The van der Waals surface area contributed by atoms with E-state index in [9.17, 15) is 19.2 Å². The van der Waals surface area contributed by atoms with Crippen LogP contribution in [0.2, 0.25) is 0 Å². The van der Waals surface area contributed by atoms with Gasteiger partial charge in [0.05, 0.1) is 38.1 Å². The number of esters is 1. The highest BCUT2D eigenvalue weighted by Crippen LogP contribution is 2.30. The molecule has 2 bridgehead atoms. The second kappa shape index (κ2) is 16.6. The first-order valence-corrected chi connectivity index (χ1v) is 14.6. The van der Waals surface area contributed by atoms with Gasteiger partial charge in [0.25, 0.3) is 18.3 Å². The number of nitrogens with one attached hydrogen (secondary N) is 2. The van der Waals surface area contributed by atoms with E-state index in [-0.39, 0.29) is 48.1 Å². The van der Waals surface area contributed by atoms with Crippen molar-refractivity contribution in [1.82, 2.24) is 30.5 Å². The number of benzene rings is 1. The fraction of sp³-hybridized carbons (Fsp3) is 0.375. The van der Waals surface area contributed by atoms with Crippen molar-refractivity contribution in [2.24, 2.45) is 5.92 Å². The molecule has 0 unspecified atom stereocenters. The van der Waals surface area contributed by atoms with E-state index in [1.54, 1.807) is 44.4 Å². The van der Waals surface area contributed by atoms with Gasteiger partial charge in [-0.05, 0) is 50.1 Å². The summed E-state index contributed by atoms with van der Waals surface area (Å²) < 4.78 is 16.3. The summed E-state index contributed by atoms with van der Waals surface area (Å²) in [4.78, 5) is 76.1. The van der Waals surface area contributed by atoms with E-state index in [4.69, 9.17) is 24.1 Å². The lowest BCUT2D eigenvalue weighted by Gasteiger charge is -2.32. The number of methoxy groups -OCH3 is 2. The molecule has 3 aromatic rings. The molecule has 1 aromatic carbocycles. The van der Waals surface area contributed by atoms with Crippen molar-refractivity contribution < 1.29 is 43.3 Å². The third kappa shape index (κ3) is 9.22. The molecule has 4 rings (SSSR count). The van der Waals surface area contributed by atoms with Crippen LogP contribution in [0.15, 0.2) is 48.9 Å². The topological polar surface area (TPSA) is 199 Å². The molecular formula is C32H38N6O9. The van der Waals surface area contributed by atoms with Crippen LogP contribution in [0.25, 0.3) is 11.4 Å². The van der Waals surface area contributed by atoms with Gasteiger partial charge in [-0.15, -0.1) is 0 Å². The van der Waals surface area contributed by atoms with Crippen LogP contribution < -0.4 is 20.1 Å². The van der Waals surface area contributed by atoms with Gasteiger partial charge in [0.2, 0.25) is 12.0 Å². The van der Waals surface area contributed by atoms with E-state index in [1.165, 1.54) is 31.4 Å². The zero-order valence-electron chi connectivity index (χ0n) is 26.9. The largest absolute Gasteiger partial charge is 0.493 e. The highest BCUT2D eigenvalue weighted by molar-refractivity contribution is 5.98. The number of carboxylic acid groups (broad SMARTS) is 1. The molecular weight excluding hydrogens is 612 g/mol. The Morgan fingerprint density at radius 1 is 1.13 bits per heavy atom. The van der Waals surface area contributed by atoms with Gasteiger partial charge in [0.1, 0.15) is 0 Å². The molecule has 15 heteroatoms. The first-order valence-electron chi connectivity index (χ1n) is 14.6. The molecule has 0 saturated heterocycles. The summed E-state index contributed by atoms with van der Waals surface area (Å²) in [5.74, 6) is -1.55. The molecule has 0 aliphatic carbocycles. The van der Waals surface area contributed by atoms with E-state index in [0.29, 0.717) is 17.1 Å². The van der Waals surface area contributed by atoms with Gasteiger partial charge in [-0.2, -0.15) is 0 Å². The van der Waals surface area contributed by atoms with Crippen LogP contribution in [-0.2, 0) is 19.1 Å². The Morgan fingerprint density at radius 2 is 1.85 bits per heavy atom. The number of rotatable bonds is 5. The molecule has 1 aliphatic heterocycles. The van der Waals surface area contributed by atoms with Gasteiger partial charge in [-0.1, -0.05) is 13.8 Å². The number of fused-ring (bicyclic) bond motifs is 2. The molecule has 0 fully saturated rings. The highest BCUT2D eigenvalue weighted by atomic mass is 16.6. The highest BCUT2D eigenvalue weighted by Gasteiger charge is 2.33. The Balaban J connectivity index is 0.00000192. The van der Waals surface area contributed by atoms with Crippen molar-refractivity contribution in [3.8, 4) is 22.9 Å². The van der Waals surface area contributed by atoms with Crippen LogP contribution in [0.5, 0.6) is 11.5 Å². The summed E-state index contributed by atoms with van der Waals surface area (Å²) in [5, 5.41) is 12.6. The fourth-order valence-electron chi connectivity index (χ4n) is 4.68. The van der Waals surface area contributed by atoms with Crippen molar-refractivity contribution in [2.45, 2.75) is 45.9 Å².